The van der Waals surface area contributed by atoms with Crippen molar-refractivity contribution in [3.05, 3.63) is 72.6 Å². The van der Waals surface area contributed by atoms with Crippen LogP contribution in [0.1, 0.15) is 21.0 Å². The minimum Gasteiger partial charge on any atom is -0.334 e. The molecule has 8 heteroatoms. The van der Waals surface area contributed by atoms with Gasteiger partial charge in [0.15, 0.2) is 0 Å². The van der Waals surface area contributed by atoms with Gasteiger partial charge >= 0.3 is 0 Å². The van der Waals surface area contributed by atoms with Crippen molar-refractivity contribution in [1.29, 1.82) is 0 Å². The highest BCUT2D eigenvalue weighted by Gasteiger charge is 2.27. The van der Waals surface area contributed by atoms with Crippen LogP contribution in [0.3, 0.4) is 0 Å². The number of carbonyl (C=O) groups is 2. The molecule has 0 atom stereocenters. The number of fused-ring (bicyclic) bond motifs is 2. The number of rotatable bonds is 2. The molecule has 4 aromatic heterocycles. The number of hydrogen-bond donors (Lipinski definition) is 0. The van der Waals surface area contributed by atoms with Crippen LogP contribution in [0.2, 0.25) is 0 Å². The predicted octanol–water partition coefficient (Wildman–Crippen LogP) is 1.58. The topological polar surface area (TPSA) is 75.2 Å². The van der Waals surface area contributed by atoms with Crippen molar-refractivity contribution >= 4 is 23.1 Å². The van der Waals surface area contributed by atoms with E-state index in [0.717, 1.165) is 11.3 Å². The molecule has 0 spiro atoms. The summed E-state index contributed by atoms with van der Waals surface area (Å²) in [7, 11) is 0. The lowest BCUT2D eigenvalue weighted by atomic mass is 10.2. The van der Waals surface area contributed by atoms with Gasteiger partial charge in [-0.2, -0.15) is 0 Å². The van der Waals surface area contributed by atoms with Crippen molar-refractivity contribution < 1.29 is 9.59 Å². The third-order valence-electron chi connectivity index (χ3n) is 5.02. The van der Waals surface area contributed by atoms with Crippen molar-refractivity contribution in [3.63, 3.8) is 0 Å². The van der Waals surface area contributed by atoms with Gasteiger partial charge in [0.05, 0.1) is 0 Å². The zero-order valence-electron chi connectivity index (χ0n) is 15.1. The summed E-state index contributed by atoms with van der Waals surface area (Å²) >= 11 is 0. The maximum atomic E-state index is 12.8. The molecular formula is C20H18N6O2. The van der Waals surface area contributed by atoms with E-state index in [9.17, 15) is 9.59 Å². The molecule has 0 aliphatic carbocycles. The van der Waals surface area contributed by atoms with E-state index in [1.54, 1.807) is 22.2 Å². The zero-order valence-corrected chi connectivity index (χ0v) is 15.1. The molecule has 0 aromatic carbocycles. The molecule has 0 N–H and O–H groups in total. The molecule has 4 aromatic rings. The van der Waals surface area contributed by atoms with Crippen LogP contribution >= 0.6 is 0 Å². The molecule has 1 aliphatic heterocycles. The highest BCUT2D eigenvalue weighted by atomic mass is 16.2. The lowest BCUT2D eigenvalue weighted by Crippen LogP contribution is -2.50. The highest BCUT2D eigenvalue weighted by Crippen LogP contribution is 2.13. The third kappa shape index (κ3) is 2.79. The molecule has 0 unspecified atom stereocenters. The van der Waals surface area contributed by atoms with E-state index in [1.807, 2.05) is 57.6 Å². The Hall–Kier alpha value is -3.68. The van der Waals surface area contributed by atoms with Gasteiger partial charge in [-0.15, -0.1) is 0 Å². The average molecular weight is 374 g/mol. The lowest BCUT2D eigenvalue weighted by molar-refractivity contribution is 0.0530. The van der Waals surface area contributed by atoms with Gasteiger partial charge < -0.3 is 18.6 Å². The summed E-state index contributed by atoms with van der Waals surface area (Å²) in [6.45, 7) is 1.91. The first kappa shape index (κ1) is 16.5. The van der Waals surface area contributed by atoms with Crippen molar-refractivity contribution in [2.75, 3.05) is 26.2 Å². The first-order chi connectivity index (χ1) is 13.7. The summed E-state index contributed by atoms with van der Waals surface area (Å²) < 4.78 is 3.66. The Kier molecular flexibility index (Phi) is 3.82. The summed E-state index contributed by atoms with van der Waals surface area (Å²) in [5.74, 6) is -0.216. The fourth-order valence-electron chi connectivity index (χ4n) is 3.51. The van der Waals surface area contributed by atoms with E-state index in [-0.39, 0.29) is 11.8 Å². The number of imidazole rings is 2. The number of hydrogen-bond acceptors (Lipinski definition) is 4. The zero-order chi connectivity index (χ0) is 19.1. The Balaban J connectivity index is 1.27. The normalized spacial score (nSPS) is 14.7. The summed E-state index contributed by atoms with van der Waals surface area (Å²) in [6, 6.07) is 11.3. The summed E-state index contributed by atoms with van der Waals surface area (Å²) in [6.07, 6.45) is 7.22. The second-order valence-electron chi connectivity index (χ2n) is 6.77. The average Bonchev–Trinajstić information content (AvgIpc) is 3.37. The molecule has 28 heavy (non-hydrogen) atoms. The summed E-state index contributed by atoms with van der Waals surface area (Å²) in [4.78, 5) is 37.8. The molecule has 1 aliphatic rings. The van der Waals surface area contributed by atoms with Crippen molar-refractivity contribution in [2.45, 2.75) is 0 Å². The molecule has 8 nitrogen and oxygen atoms in total. The Morgan fingerprint density at radius 1 is 0.679 bits per heavy atom. The Bertz CT molecular complexity index is 1030. The van der Waals surface area contributed by atoms with E-state index in [1.165, 1.54) is 0 Å². The monoisotopic (exact) mass is 374 g/mol. The van der Waals surface area contributed by atoms with Crippen molar-refractivity contribution in [2.24, 2.45) is 0 Å². The summed E-state index contributed by atoms with van der Waals surface area (Å²) in [5, 5.41) is 0. The molecule has 5 heterocycles. The van der Waals surface area contributed by atoms with Crippen LogP contribution in [0.4, 0.5) is 0 Å². The Morgan fingerprint density at radius 3 is 1.50 bits per heavy atom. The molecule has 0 bridgehead atoms. The Morgan fingerprint density at radius 2 is 1.11 bits per heavy atom. The van der Waals surface area contributed by atoms with Crippen LogP contribution < -0.4 is 0 Å². The number of nitrogens with zero attached hydrogens (tertiary/aromatic N) is 6. The number of carbonyl (C=O) groups excluding carboxylic acids is 2. The predicted molar refractivity (Wildman–Crippen MR) is 102 cm³/mol. The quantitative estimate of drug-likeness (QED) is 0.534. The smallest absolute Gasteiger partial charge is 0.274 e. The van der Waals surface area contributed by atoms with Gasteiger partial charge in [-0.1, -0.05) is 12.1 Å². The first-order valence-electron chi connectivity index (χ1n) is 9.15. The SMILES string of the molecule is O=C(c1cn2ccccc2n1)N1CCN(C(=O)c2cn3ccccc3n2)CC1. The maximum Gasteiger partial charge on any atom is 0.274 e. The summed E-state index contributed by atoms with van der Waals surface area (Å²) in [5.41, 5.74) is 2.33. The highest BCUT2D eigenvalue weighted by molar-refractivity contribution is 5.94. The number of aromatic nitrogens is 4. The first-order valence-corrected chi connectivity index (χ1v) is 9.15. The van der Waals surface area contributed by atoms with E-state index >= 15 is 0 Å². The standard InChI is InChI=1S/C20H18N6O2/c27-19(15-13-25-7-3-1-5-17(25)21-15)23-9-11-24(12-10-23)20(28)16-14-26-8-4-2-6-18(26)22-16/h1-8,13-14H,9-12H2. The molecule has 140 valence electrons. The van der Waals surface area contributed by atoms with Crippen molar-refractivity contribution in [1.82, 2.24) is 28.6 Å². The van der Waals surface area contributed by atoms with Gasteiger partial charge in [-0.3, -0.25) is 9.59 Å². The van der Waals surface area contributed by atoms with Gasteiger partial charge in [-0.05, 0) is 24.3 Å². The van der Waals surface area contributed by atoms with Crippen LogP contribution in [0, 0.1) is 0 Å². The lowest BCUT2D eigenvalue weighted by Gasteiger charge is -2.34. The van der Waals surface area contributed by atoms with E-state index in [0.29, 0.717) is 37.6 Å². The number of amides is 2. The van der Waals surface area contributed by atoms with Crippen molar-refractivity contribution in [3.8, 4) is 0 Å². The second kappa shape index (κ2) is 6.49. The molecular weight excluding hydrogens is 356 g/mol. The molecule has 0 radical (unpaired) electrons. The van der Waals surface area contributed by atoms with Crippen LogP contribution in [0.5, 0.6) is 0 Å². The van der Waals surface area contributed by atoms with Crippen LogP contribution in [-0.2, 0) is 0 Å². The second-order valence-corrected chi connectivity index (χ2v) is 6.77. The minimum absolute atomic E-state index is 0.108. The Labute approximate surface area is 160 Å². The van der Waals surface area contributed by atoms with E-state index in [2.05, 4.69) is 9.97 Å². The largest absolute Gasteiger partial charge is 0.334 e. The third-order valence-corrected chi connectivity index (χ3v) is 5.02. The van der Waals surface area contributed by atoms with Gasteiger partial charge in [0, 0.05) is 51.0 Å². The molecule has 1 saturated heterocycles. The molecule has 2 amide bonds. The van der Waals surface area contributed by atoms with E-state index in [4.69, 9.17) is 0 Å². The fourth-order valence-corrected chi connectivity index (χ4v) is 3.51. The molecule has 5 rings (SSSR count). The minimum atomic E-state index is -0.108. The van der Waals surface area contributed by atoms with Gasteiger partial charge in [0.25, 0.3) is 11.8 Å². The maximum absolute atomic E-state index is 12.8. The van der Waals surface area contributed by atoms with E-state index < -0.39 is 0 Å². The number of pyridine rings is 2. The van der Waals surface area contributed by atoms with Gasteiger partial charge in [-0.25, -0.2) is 9.97 Å². The number of piperazine rings is 1. The molecule has 0 saturated carbocycles. The van der Waals surface area contributed by atoms with Crippen LogP contribution in [0.15, 0.2) is 61.2 Å². The fraction of sp³-hybridized carbons (Fsp3) is 0.200. The van der Waals surface area contributed by atoms with Crippen LogP contribution in [-0.4, -0.2) is 66.6 Å². The van der Waals surface area contributed by atoms with Gasteiger partial charge in [0.2, 0.25) is 0 Å². The molecule has 1 fully saturated rings. The van der Waals surface area contributed by atoms with Crippen LogP contribution in [0.25, 0.3) is 11.3 Å². The van der Waals surface area contributed by atoms with Gasteiger partial charge in [0.1, 0.15) is 22.7 Å².